The Kier molecular flexibility index (Phi) is 8.11. The molecule has 0 unspecified atom stereocenters. The number of thioether (sulfide) groups is 1. The predicted molar refractivity (Wildman–Crippen MR) is 143 cm³/mol. The standard InChI is InChI=1S/C28H35N3O5S/c1-6-35-25(33)20-13-10-14-30(16-20)22(32)15-21-17-37-27-29-18(2)23(26(34)36-28(3,4)5)24(31(21)27)19-11-8-7-9-12-19/h7-9,11-12,17,20,24H,6,10,13-16H2,1-5H3/t20-,24-/m1/s1. The molecular weight excluding hydrogens is 490 g/mol. The predicted octanol–water partition coefficient (Wildman–Crippen LogP) is 4.80. The maximum absolute atomic E-state index is 13.4. The first-order chi connectivity index (χ1) is 17.6. The minimum atomic E-state index is -0.659. The van der Waals surface area contributed by atoms with Crippen LogP contribution < -0.4 is 0 Å². The maximum Gasteiger partial charge on any atom is 0.338 e. The minimum absolute atomic E-state index is 0.0565. The van der Waals surface area contributed by atoms with Crippen LogP contribution in [0.2, 0.25) is 0 Å². The lowest BCUT2D eigenvalue weighted by Crippen LogP contribution is -2.44. The van der Waals surface area contributed by atoms with E-state index in [-0.39, 0.29) is 24.2 Å². The van der Waals surface area contributed by atoms with E-state index in [0.717, 1.165) is 29.3 Å². The molecule has 1 aromatic rings. The van der Waals surface area contributed by atoms with Crippen LogP contribution in [0.15, 0.2) is 57.7 Å². The SMILES string of the molecule is CCOC(=O)[C@@H]1CCCN(C(=O)CC2=CSC3=NC(C)=C(C(=O)OC(C)(C)C)[C@@H](c4ccccc4)N23)C1. The molecule has 0 N–H and O–H groups in total. The number of rotatable bonds is 6. The van der Waals surface area contributed by atoms with Crippen molar-refractivity contribution in [3.8, 4) is 0 Å². The normalized spacial score (nSPS) is 21.8. The third-order valence-corrected chi connectivity index (χ3v) is 7.35. The topological polar surface area (TPSA) is 88.5 Å². The van der Waals surface area contributed by atoms with E-state index in [4.69, 9.17) is 14.5 Å². The van der Waals surface area contributed by atoms with Gasteiger partial charge in [-0.1, -0.05) is 42.1 Å². The van der Waals surface area contributed by atoms with Gasteiger partial charge in [-0.05, 0) is 58.4 Å². The van der Waals surface area contributed by atoms with Crippen LogP contribution in [-0.2, 0) is 23.9 Å². The van der Waals surface area contributed by atoms with E-state index in [0.29, 0.717) is 31.0 Å². The molecule has 37 heavy (non-hydrogen) atoms. The number of benzene rings is 1. The van der Waals surface area contributed by atoms with E-state index < -0.39 is 17.6 Å². The largest absolute Gasteiger partial charge is 0.466 e. The Bertz CT molecular complexity index is 1150. The zero-order valence-electron chi connectivity index (χ0n) is 22.2. The molecule has 0 aromatic heterocycles. The van der Waals surface area contributed by atoms with Crippen LogP contribution in [0.25, 0.3) is 0 Å². The molecule has 1 amide bonds. The van der Waals surface area contributed by atoms with Gasteiger partial charge in [-0.15, -0.1) is 0 Å². The maximum atomic E-state index is 13.4. The summed E-state index contributed by atoms with van der Waals surface area (Å²) in [5.41, 5.74) is 2.10. The van der Waals surface area contributed by atoms with Gasteiger partial charge < -0.3 is 19.3 Å². The fourth-order valence-corrected chi connectivity index (χ4v) is 5.80. The van der Waals surface area contributed by atoms with Gasteiger partial charge in [-0.3, -0.25) is 9.59 Å². The number of carbonyl (C=O) groups excluding carboxylic acids is 3. The average Bonchev–Trinajstić information content (AvgIpc) is 3.24. The molecule has 0 spiro atoms. The minimum Gasteiger partial charge on any atom is -0.466 e. The zero-order chi connectivity index (χ0) is 26.7. The molecule has 1 aromatic carbocycles. The first-order valence-corrected chi connectivity index (χ1v) is 13.6. The van der Waals surface area contributed by atoms with E-state index in [1.54, 1.807) is 11.8 Å². The fraction of sp³-hybridized carbons (Fsp3) is 0.500. The van der Waals surface area contributed by atoms with Crippen molar-refractivity contribution >= 4 is 34.8 Å². The highest BCUT2D eigenvalue weighted by Gasteiger charge is 2.42. The van der Waals surface area contributed by atoms with Crippen molar-refractivity contribution in [3.05, 3.63) is 58.3 Å². The molecule has 0 radical (unpaired) electrons. The van der Waals surface area contributed by atoms with Crippen molar-refractivity contribution in [2.75, 3.05) is 19.7 Å². The number of fused-ring (bicyclic) bond motifs is 1. The summed E-state index contributed by atoms with van der Waals surface area (Å²) in [5.74, 6) is -1.01. The van der Waals surface area contributed by atoms with Crippen molar-refractivity contribution in [2.45, 2.75) is 65.5 Å². The van der Waals surface area contributed by atoms with Crippen LogP contribution in [0.4, 0.5) is 0 Å². The monoisotopic (exact) mass is 525 g/mol. The number of aliphatic imine (C=N–C) groups is 1. The van der Waals surface area contributed by atoms with Crippen LogP contribution in [0, 0.1) is 5.92 Å². The van der Waals surface area contributed by atoms with E-state index >= 15 is 0 Å². The summed E-state index contributed by atoms with van der Waals surface area (Å²) in [6.45, 7) is 10.4. The number of amides is 1. The van der Waals surface area contributed by atoms with Gasteiger partial charge >= 0.3 is 11.9 Å². The fourth-order valence-electron chi connectivity index (χ4n) is 4.84. The van der Waals surface area contributed by atoms with E-state index in [1.165, 1.54) is 11.8 Å². The molecular formula is C28H35N3O5S. The van der Waals surface area contributed by atoms with Gasteiger partial charge in [0, 0.05) is 18.8 Å². The molecule has 1 fully saturated rings. The summed E-state index contributed by atoms with van der Waals surface area (Å²) in [7, 11) is 0. The number of likely N-dealkylation sites (tertiary alicyclic amines) is 1. The third-order valence-electron chi connectivity index (χ3n) is 6.46. The van der Waals surface area contributed by atoms with Gasteiger partial charge in [0.15, 0.2) is 5.17 Å². The molecule has 1 saturated heterocycles. The first kappa shape index (κ1) is 27.0. The van der Waals surface area contributed by atoms with Crippen molar-refractivity contribution in [3.63, 3.8) is 0 Å². The van der Waals surface area contributed by atoms with Crippen LogP contribution in [0.3, 0.4) is 0 Å². The van der Waals surface area contributed by atoms with Gasteiger partial charge in [0.25, 0.3) is 0 Å². The highest BCUT2D eigenvalue weighted by atomic mass is 32.2. The molecule has 8 nitrogen and oxygen atoms in total. The number of piperidine rings is 1. The van der Waals surface area contributed by atoms with Gasteiger partial charge in [0.1, 0.15) is 5.60 Å². The molecule has 3 aliphatic rings. The molecule has 4 rings (SSSR count). The Morgan fingerprint density at radius 2 is 1.89 bits per heavy atom. The number of hydrogen-bond acceptors (Lipinski definition) is 8. The van der Waals surface area contributed by atoms with Gasteiger partial charge in [-0.25, -0.2) is 9.79 Å². The van der Waals surface area contributed by atoms with Crippen molar-refractivity contribution in [1.29, 1.82) is 0 Å². The number of ether oxygens (including phenoxy) is 2. The summed E-state index contributed by atoms with van der Waals surface area (Å²) in [6.07, 6.45) is 1.63. The molecule has 9 heteroatoms. The highest BCUT2D eigenvalue weighted by molar-refractivity contribution is 8.16. The Morgan fingerprint density at radius 1 is 1.16 bits per heavy atom. The second-order valence-electron chi connectivity index (χ2n) is 10.4. The molecule has 0 bridgehead atoms. The molecule has 198 valence electrons. The summed E-state index contributed by atoms with van der Waals surface area (Å²) in [6, 6.07) is 9.28. The third kappa shape index (κ3) is 6.09. The smallest absolute Gasteiger partial charge is 0.338 e. The van der Waals surface area contributed by atoms with Gasteiger partial charge in [0.2, 0.25) is 5.91 Å². The Morgan fingerprint density at radius 3 is 2.57 bits per heavy atom. The van der Waals surface area contributed by atoms with Gasteiger partial charge in [-0.2, -0.15) is 0 Å². The molecule has 0 saturated carbocycles. The summed E-state index contributed by atoms with van der Waals surface area (Å²) >= 11 is 1.45. The van der Waals surface area contributed by atoms with Crippen LogP contribution in [-0.4, -0.2) is 58.1 Å². The molecule has 2 atom stereocenters. The summed E-state index contributed by atoms with van der Waals surface area (Å²) in [4.78, 5) is 47.6. The lowest BCUT2D eigenvalue weighted by Gasteiger charge is -2.38. The number of amidine groups is 1. The van der Waals surface area contributed by atoms with Crippen LogP contribution in [0.1, 0.15) is 65.5 Å². The quantitative estimate of drug-likeness (QED) is 0.493. The van der Waals surface area contributed by atoms with Gasteiger partial charge in [0.05, 0.1) is 36.3 Å². The van der Waals surface area contributed by atoms with Crippen LogP contribution in [0.5, 0.6) is 0 Å². The second-order valence-corrected chi connectivity index (χ2v) is 11.2. The highest BCUT2D eigenvalue weighted by Crippen LogP contribution is 2.45. The van der Waals surface area contributed by atoms with E-state index in [1.807, 2.05) is 68.3 Å². The van der Waals surface area contributed by atoms with Crippen molar-refractivity contribution in [2.24, 2.45) is 10.9 Å². The van der Waals surface area contributed by atoms with Crippen LogP contribution >= 0.6 is 11.8 Å². The first-order valence-electron chi connectivity index (χ1n) is 12.8. The lowest BCUT2D eigenvalue weighted by molar-refractivity contribution is -0.152. The number of carbonyl (C=O) groups is 3. The Balaban J connectivity index is 1.60. The molecule has 3 heterocycles. The van der Waals surface area contributed by atoms with E-state index in [9.17, 15) is 14.4 Å². The number of allylic oxidation sites excluding steroid dienone is 1. The number of esters is 2. The summed E-state index contributed by atoms with van der Waals surface area (Å²) in [5, 5.41) is 2.66. The molecule has 0 aliphatic carbocycles. The van der Waals surface area contributed by atoms with E-state index in [2.05, 4.69) is 0 Å². The zero-order valence-corrected chi connectivity index (χ0v) is 23.0. The Hall–Kier alpha value is -3.07. The Labute approximate surface area is 222 Å². The number of hydrogen-bond donors (Lipinski definition) is 0. The molecule has 3 aliphatic heterocycles. The summed E-state index contributed by atoms with van der Waals surface area (Å²) < 4.78 is 11.0. The lowest BCUT2D eigenvalue weighted by atomic mass is 9.93. The average molecular weight is 526 g/mol. The number of nitrogens with zero attached hydrogens (tertiary/aromatic N) is 3. The second kappa shape index (κ2) is 11.1. The van der Waals surface area contributed by atoms with Crippen molar-refractivity contribution in [1.82, 2.24) is 9.80 Å². The van der Waals surface area contributed by atoms with Crippen molar-refractivity contribution < 1.29 is 23.9 Å².